The third kappa shape index (κ3) is 6.89. The second kappa shape index (κ2) is 10.1. The zero-order chi connectivity index (χ0) is 19.6. The number of rotatable bonds is 8. The smallest absolute Gasteiger partial charge is 0.251 e. The number of benzene rings is 2. The molecule has 27 heavy (non-hydrogen) atoms. The lowest BCUT2D eigenvalue weighted by atomic mass is 10.2. The first-order chi connectivity index (χ1) is 13.0. The molecule has 0 bridgehead atoms. The van der Waals surface area contributed by atoms with E-state index in [9.17, 15) is 4.79 Å². The number of ether oxygens (including phenoxy) is 2. The highest BCUT2D eigenvalue weighted by Crippen LogP contribution is 2.16. The lowest BCUT2D eigenvalue weighted by molar-refractivity contribution is 0.0955. The van der Waals surface area contributed by atoms with E-state index in [1.807, 2.05) is 38.1 Å². The van der Waals surface area contributed by atoms with Crippen molar-refractivity contribution in [2.24, 2.45) is 10.7 Å². The van der Waals surface area contributed by atoms with Crippen molar-refractivity contribution >= 4 is 17.6 Å². The number of hydrogen-bond acceptors (Lipinski definition) is 4. The summed E-state index contributed by atoms with van der Waals surface area (Å²) in [5.74, 6) is 1.62. The standard InChI is InChI=1S/C20H26N4O3/c1-14(2)27-18-10-6-16(7-11-18)24-20(21)23-13-12-22-19(25)15-4-8-17(26-3)9-5-15/h4-11,14H,12-13H2,1-3H3,(H,22,25)(H3,21,23,24). The van der Waals surface area contributed by atoms with Gasteiger partial charge < -0.3 is 25.8 Å². The summed E-state index contributed by atoms with van der Waals surface area (Å²) in [4.78, 5) is 16.2. The highest BCUT2D eigenvalue weighted by atomic mass is 16.5. The van der Waals surface area contributed by atoms with E-state index in [1.54, 1.807) is 31.4 Å². The second-order valence-electron chi connectivity index (χ2n) is 6.07. The van der Waals surface area contributed by atoms with Gasteiger partial charge in [-0.1, -0.05) is 0 Å². The van der Waals surface area contributed by atoms with Gasteiger partial charge in [0.25, 0.3) is 5.91 Å². The van der Waals surface area contributed by atoms with E-state index < -0.39 is 0 Å². The highest BCUT2D eigenvalue weighted by molar-refractivity contribution is 5.94. The van der Waals surface area contributed by atoms with Gasteiger partial charge in [0.1, 0.15) is 11.5 Å². The van der Waals surface area contributed by atoms with Gasteiger partial charge in [-0.25, -0.2) is 0 Å². The van der Waals surface area contributed by atoms with Crippen molar-refractivity contribution in [1.82, 2.24) is 5.32 Å². The minimum Gasteiger partial charge on any atom is -0.497 e. The quantitative estimate of drug-likeness (QED) is 0.377. The van der Waals surface area contributed by atoms with Crippen LogP contribution in [0.3, 0.4) is 0 Å². The second-order valence-corrected chi connectivity index (χ2v) is 6.07. The Morgan fingerprint density at radius 1 is 1.07 bits per heavy atom. The van der Waals surface area contributed by atoms with E-state index in [-0.39, 0.29) is 18.0 Å². The molecule has 7 heteroatoms. The maximum atomic E-state index is 12.0. The predicted octanol–water partition coefficient (Wildman–Crippen LogP) is 2.64. The normalized spacial score (nSPS) is 11.2. The van der Waals surface area contributed by atoms with Gasteiger partial charge in [-0.3, -0.25) is 9.79 Å². The number of anilines is 1. The van der Waals surface area contributed by atoms with Gasteiger partial charge in [0.2, 0.25) is 0 Å². The lowest BCUT2D eigenvalue weighted by Crippen LogP contribution is -2.28. The molecular formula is C20H26N4O3. The summed E-state index contributed by atoms with van der Waals surface area (Å²) < 4.78 is 10.7. The van der Waals surface area contributed by atoms with Crippen molar-refractivity contribution in [1.29, 1.82) is 0 Å². The van der Waals surface area contributed by atoms with Gasteiger partial charge in [0, 0.05) is 17.8 Å². The largest absolute Gasteiger partial charge is 0.497 e. The summed E-state index contributed by atoms with van der Waals surface area (Å²) in [5, 5.41) is 5.80. The SMILES string of the molecule is COc1ccc(C(=O)NCCN=C(N)Nc2ccc(OC(C)C)cc2)cc1. The molecule has 4 N–H and O–H groups in total. The molecule has 0 aliphatic heterocycles. The first-order valence-corrected chi connectivity index (χ1v) is 8.74. The average molecular weight is 370 g/mol. The third-order valence-corrected chi connectivity index (χ3v) is 3.53. The highest BCUT2D eigenvalue weighted by Gasteiger charge is 2.04. The van der Waals surface area contributed by atoms with Crippen LogP contribution in [0.1, 0.15) is 24.2 Å². The Hall–Kier alpha value is -3.22. The van der Waals surface area contributed by atoms with E-state index in [1.165, 1.54) is 0 Å². The Balaban J connectivity index is 1.75. The number of carbonyl (C=O) groups is 1. The van der Waals surface area contributed by atoms with Gasteiger partial charge in [-0.05, 0) is 62.4 Å². The number of guanidine groups is 1. The molecule has 0 heterocycles. The fourth-order valence-corrected chi connectivity index (χ4v) is 2.27. The van der Waals surface area contributed by atoms with Crippen LogP contribution in [0.2, 0.25) is 0 Å². The minimum absolute atomic E-state index is 0.128. The number of hydrogen-bond donors (Lipinski definition) is 3. The molecule has 0 fully saturated rings. The van der Waals surface area contributed by atoms with Crippen LogP contribution >= 0.6 is 0 Å². The topological polar surface area (TPSA) is 98.0 Å². The summed E-state index contributed by atoms with van der Waals surface area (Å²) >= 11 is 0. The molecule has 0 spiro atoms. The fourth-order valence-electron chi connectivity index (χ4n) is 2.27. The molecule has 0 aliphatic carbocycles. The van der Waals surface area contributed by atoms with Crippen LogP contribution in [0, 0.1) is 0 Å². The van der Waals surface area contributed by atoms with Crippen LogP contribution in [-0.4, -0.2) is 38.2 Å². The summed E-state index contributed by atoms with van der Waals surface area (Å²) in [5.41, 5.74) is 7.24. The predicted molar refractivity (Wildman–Crippen MR) is 108 cm³/mol. The van der Waals surface area contributed by atoms with Crippen molar-refractivity contribution in [3.8, 4) is 11.5 Å². The summed E-state index contributed by atoms with van der Waals surface area (Å²) in [6, 6.07) is 14.4. The van der Waals surface area contributed by atoms with Crippen LogP contribution in [0.5, 0.6) is 11.5 Å². The van der Waals surface area contributed by atoms with Gasteiger partial charge in [-0.15, -0.1) is 0 Å². The molecule has 144 valence electrons. The van der Waals surface area contributed by atoms with Gasteiger partial charge in [0.15, 0.2) is 5.96 Å². The number of nitrogens with two attached hydrogens (primary N) is 1. The molecule has 0 aliphatic rings. The maximum absolute atomic E-state index is 12.0. The summed E-state index contributed by atoms with van der Waals surface area (Å²) in [6.07, 6.45) is 0.128. The Morgan fingerprint density at radius 2 is 1.70 bits per heavy atom. The number of carbonyl (C=O) groups excluding carboxylic acids is 1. The van der Waals surface area contributed by atoms with E-state index in [0.717, 1.165) is 11.4 Å². The first kappa shape index (κ1) is 20.1. The van der Waals surface area contributed by atoms with Crippen LogP contribution in [0.25, 0.3) is 0 Å². The third-order valence-electron chi connectivity index (χ3n) is 3.53. The molecule has 0 radical (unpaired) electrons. The van der Waals surface area contributed by atoms with Gasteiger partial charge in [-0.2, -0.15) is 0 Å². The Labute approximate surface area is 159 Å². The molecular weight excluding hydrogens is 344 g/mol. The Morgan fingerprint density at radius 3 is 2.30 bits per heavy atom. The summed E-state index contributed by atoms with van der Waals surface area (Å²) in [6.45, 7) is 4.71. The fraction of sp³-hybridized carbons (Fsp3) is 0.300. The molecule has 0 atom stereocenters. The first-order valence-electron chi connectivity index (χ1n) is 8.74. The Kier molecular flexibility index (Phi) is 7.49. The summed E-state index contributed by atoms with van der Waals surface area (Å²) in [7, 11) is 1.58. The molecule has 0 saturated heterocycles. The molecule has 2 aromatic rings. The van der Waals surface area contributed by atoms with E-state index in [0.29, 0.717) is 24.4 Å². The molecule has 0 saturated carbocycles. The molecule has 7 nitrogen and oxygen atoms in total. The Bertz CT molecular complexity index is 756. The maximum Gasteiger partial charge on any atom is 0.251 e. The number of nitrogens with one attached hydrogen (secondary N) is 2. The van der Waals surface area contributed by atoms with E-state index in [4.69, 9.17) is 15.2 Å². The average Bonchev–Trinajstić information content (AvgIpc) is 2.66. The monoisotopic (exact) mass is 370 g/mol. The lowest BCUT2D eigenvalue weighted by Gasteiger charge is -2.11. The van der Waals surface area contributed by atoms with Crippen LogP contribution in [0.4, 0.5) is 5.69 Å². The zero-order valence-corrected chi connectivity index (χ0v) is 15.9. The van der Waals surface area contributed by atoms with Crippen molar-refractivity contribution in [2.75, 3.05) is 25.5 Å². The molecule has 1 amide bonds. The number of amides is 1. The van der Waals surface area contributed by atoms with Crippen molar-refractivity contribution in [2.45, 2.75) is 20.0 Å². The van der Waals surface area contributed by atoms with Gasteiger partial charge >= 0.3 is 0 Å². The van der Waals surface area contributed by atoms with Crippen LogP contribution < -0.4 is 25.8 Å². The zero-order valence-electron chi connectivity index (χ0n) is 15.9. The van der Waals surface area contributed by atoms with E-state index in [2.05, 4.69) is 15.6 Å². The van der Waals surface area contributed by atoms with Crippen LogP contribution in [0.15, 0.2) is 53.5 Å². The number of methoxy groups -OCH3 is 1. The van der Waals surface area contributed by atoms with E-state index >= 15 is 0 Å². The molecule has 0 unspecified atom stereocenters. The van der Waals surface area contributed by atoms with Crippen molar-refractivity contribution in [3.05, 3.63) is 54.1 Å². The van der Waals surface area contributed by atoms with Gasteiger partial charge in [0.05, 0.1) is 19.8 Å². The number of nitrogens with zero attached hydrogens (tertiary/aromatic N) is 1. The molecule has 0 aromatic heterocycles. The minimum atomic E-state index is -0.167. The molecule has 2 rings (SSSR count). The van der Waals surface area contributed by atoms with Crippen molar-refractivity contribution in [3.63, 3.8) is 0 Å². The van der Waals surface area contributed by atoms with Crippen molar-refractivity contribution < 1.29 is 14.3 Å². The van der Waals surface area contributed by atoms with Crippen LogP contribution in [-0.2, 0) is 0 Å². The number of aliphatic imine (C=N–C) groups is 1. The molecule has 2 aromatic carbocycles.